The fourth-order valence-electron chi connectivity index (χ4n) is 2.35. The van der Waals surface area contributed by atoms with E-state index in [2.05, 4.69) is 10.3 Å². The van der Waals surface area contributed by atoms with Crippen LogP contribution >= 0.6 is 11.3 Å². The van der Waals surface area contributed by atoms with Gasteiger partial charge in [0.05, 0.1) is 10.2 Å². The van der Waals surface area contributed by atoms with Gasteiger partial charge in [-0.1, -0.05) is 31.2 Å². The van der Waals surface area contributed by atoms with E-state index in [0.717, 1.165) is 22.2 Å². The maximum absolute atomic E-state index is 11.9. The number of nitrogens with zero attached hydrogens (tertiary/aromatic N) is 1. The van der Waals surface area contributed by atoms with Gasteiger partial charge < -0.3 is 10.1 Å². The molecule has 5 nitrogen and oxygen atoms in total. The van der Waals surface area contributed by atoms with E-state index in [9.17, 15) is 9.59 Å². The van der Waals surface area contributed by atoms with Gasteiger partial charge in [0.2, 0.25) is 0 Å². The van der Waals surface area contributed by atoms with Gasteiger partial charge in [-0.3, -0.25) is 4.79 Å². The Kier molecular flexibility index (Phi) is 5.76. The Morgan fingerprint density at radius 1 is 1.19 bits per heavy atom. The molecule has 0 atom stereocenters. The van der Waals surface area contributed by atoms with E-state index in [1.54, 1.807) is 12.1 Å². The van der Waals surface area contributed by atoms with Crippen LogP contribution in [0.4, 0.5) is 5.69 Å². The molecule has 3 aromatic rings. The fourth-order valence-corrected chi connectivity index (χ4v) is 3.22. The van der Waals surface area contributed by atoms with E-state index < -0.39 is 5.97 Å². The predicted octanol–water partition coefficient (Wildman–Crippen LogP) is 4.05. The highest BCUT2D eigenvalue weighted by Gasteiger charge is 2.07. The van der Waals surface area contributed by atoms with Crippen LogP contribution in [0.5, 0.6) is 0 Å². The molecule has 0 unspecified atom stereocenters. The van der Waals surface area contributed by atoms with Crippen LogP contribution < -0.4 is 5.32 Å². The second kappa shape index (κ2) is 8.40. The molecule has 0 aliphatic carbocycles. The third kappa shape index (κ3) is 4.77. The first-order valence-electron chi connectivity index (χ1n) is 8.23. The van der Waals surface area contributed by atoms with Crippen molar-refractivity contribution in [2.24, 2.45) is 0 Å². The van der Waals surface area contributed by atoms with Gasteiger partial charge in [-0.15, -0.1) is 11.3 Å². The molecule has 0 saturated heterocycles. The number of esters is 1. The molecule has 0 saturated carbocycles. The number of anilines is 1. The van der Waals surface area contributed by atoms with Crippen LogP contribution in [0.1, 0.15) is 17.5 Å². The smallest absolute Gasteiger partial charge is 0.331 e. The Morgan fingerprint density at radius 2 is 2.04 bits per heavy atom. The molecule has 1 amide bonds. The standard InChI is InChI=1S/C20H18N2O3S/c1-2-14-6-5-7-15(12-14)21-18(23)13-25-20(24)11-10-19-22-16-8-3-4-9-17(16)26-19/h3-12H,2,13H2,1H3,(H,21,23)/b11-10+. The highest BCUT2D eigenvalue weighted by Crippen LogP contribution is 2.22. The van der Waals surface area contributed by atoms with Gasteiger partial charge >= 0.3 is 5.97 Å². The Balaban J connectivity index is 1.50. The van der Waals surface area contributed by atoms with Crippen molar-refractivity contribution < 1.29 is 14.3 Å². The Labute approximate surface area is 155 Å². The van der Waals surface area contributed by atoms with Gasteiger partial charge in [-0.25, -0.2) is 9.78 Å². The van der Waals surface area contributed by atoms with Crippen LogP contribution in [0, 0.1) is 0 Å². The molecule has 2 aromatic carbocycles. The number of thiazole rings is 1. The lowest BCUT2D eigenvalue weighted by Crippen LogP contribution is -2.20. The van der Waals surface area contributed by atoms with E-state index in [-0.39, 0.29) is 12.5 Å². The molecular formula is C20H18N2O3S. The molecule has 6 heteroatoms. The number of fused-ring (bicyclic) bond motifs is 1. The normalized spacial score (nSPS) is 11.0. The van der Waals surface area contributed by atoms with Gasteiger partial charge in [-0.05, 0) is 42.3 Å². The minimum Gasteiger partial charge on any atom is -0.452 e. The van der Waals surface area contributed by atoms with Crippen molar-refractivity contribution in [1.29, 1.82) is 0 Å². The lowest BCUT2D eigenvalue weighted by molar-refractivity contribution is -0.142. The van der Waals surface area contributed by atoms with Gasteiger partial charge in [0, 0.05) is 11.8 Å². The maximum Gasteiger partial charge on any atom is 0.331 e. The zero-order valence-electron chi connectivity index (χ0n) is 14.3. The number of amides is 1. The van der Waals surface area contributed by atoms with Gasteiger partial charge in [-0.2, -0.15) is 0 Å². The number of ether oxygens (including phenoxy) is 1. The van der Waals surface area contributed by atoms with Crippen molar-refractivity contribution in [3.05, 3.63) is 65.2 Å². The molecule has 1 heterocycles. The Bertz CT molecular complexity index is 929. The minimum absolute atomic E-state index is 0.334. The molecule has 0 bridgehead atoms. The van der Waals surface area contributed by atoms with Crippen LogP contribution in [-0.2, 0) is 20.7 Å². The van der Waals surface area contributed by atoms with Crippen LogP contribution in [0.2, 0.25) is 0 Å². The first-order chi connectivity index (χ1) is 12.6. The first-order valence-corrected chi connectivity index (χ1v) is 9.05. The van der Waals surface area contributed by atoms with E-state index in [1.165, 1.54) is 17.4 Å². The quantitative estimate of drug-likeness (QED) is 0.528. The van der Waals surface area contributed by atoms with Gasteiger partial charge in [0.1, 0.15) is 5.01 Å². The molecule has 0 aliphatic heterocycles. The summed E-state index contributed by atoms with van der Waals surface area (Å²) in [5.74, 6) is -0.957. The monoisotopic (exact) mass is 366 g/mol. The van der Waals surface area contributed by atoms with E-state index in [0.29, 0.717) is 10.7 Å². The van der Waals surface area contributed by atoms with Crippen molar-refractivity contribution in [1.82, 2.24) is 4.98 Å². The summed E-state index contributed by atoms with van der Waals surface area (Å²) in [4.78, 5) is 28.1. The molecule has 1 N–H and O–H groups in total. The number of benzene rings is 2. The summed E-state index contributed by atoms with van der Waals surface area (Å²) < 4.78 is 6.02. The van der Waals surface area contributed by atoms with Crippen molar-refractivity contribution in [2.45, 2.75) is 13.3 Å². The van der Waals surface area contributed by atoms with E-state index >= 15 is 0 Å². The Morgan fingerprint density at radius 3 is 2.85 bits per heavy atom. The number of rotatable bonds is 6. The topological polar surface area (TPSA) is 68.3 Å². The zero-order valence-corrected chi connectivity index (χ0v) is 15.1. The number of carbonyl (C=O) groups is 2. The predicted molar refractivity (Wildman–Crippen MR) is 104 cm³/mol. The summed E-state index contributed by atoms with van der Waals surface area (Å²) in [5.41, 5.74) is 2.70. The third-order valence-electron chi connectivity index (χ3n) is 3.64. The molecule has 0 spiro atoms. The summed E-state index contributed by atoms with van der Waals surface area (Å²) in [6.45, 7) is 1.71. The number of hydrogen-bond donors (Lipinski definition) is 1. The highest BCUT2D eigenvalue weighted by atomic mass is 32.1. The molecule has 0 aliphatic rings. The van der Waals surface area contributed by atoms with Crippen LogP contribution in [-0.4, -0.2) is 23.5 Å². The van der Waals surface area contributed by atoms with Gasteiger partial charge in [0.25, 0.3) is 5.91 Å². The molecule has 0 fully saturated rings. The van der Waals surface area contributed by atoms with E-state index in [4.69, 9.17) is 4.74 Å². The third-order valence-corrected chi connectivity index (χ3v) is 4.64. The lowest BCUT2D eigenvalue weighted by Gasteiger charge is -2.06. The maximum atomic E-state index is 11.9. The zero-order chi connectivity index (χ0) is 18.4. The van der Waals surface area contributed by atoms with Crippen molar-refractivity contribution in [3.63, 3.8) is 0 Å². The highest BCUT2D eigenvalue weighted by molar-refractivity contribution is 7.19. The van der Waals surface area contributed by atoms with Crippen molar-refractivity contribution in [2.75, 3.05) is 11.9 Å². The molecular weight excluding hydrogens is 348 g/mol. The number of carbonyl (C=O) groups excluding carboxylic acids is 2. The number of nitrogens with one attached hydrogen (secondary N) is 1. The Hall–Kier alpha value is -2.99. The lowest BCUT2D eigenvalue weighted by atomic mass is 10.1. The summed E-state index contributed by atoms with van der Waals surface area (Å²) >= 11 is 1.48. The minimum atomic E-state index is -0.582. The fraction of sp³-hybridized carbons (Fsp3) is 0.150. The molecule has 132 valence electrons. The summed E-state index contributed by atoms with van der Waals surface area (Å²) in [6.07, 6.45) is 3.76. The number of hydrogen-bond acceptors (Lipinski definition) is 5. The molecule has 3 rings (SSSR count). The van der Waals surface area contributed by atoms with Crippen LogP contribution in [0.15, 0.2) is 54.6 Å². The number of para-hydroxylation sites is 1. The molecule has 26 heavy (non-hydrogen) atoms. The number of aryl methyl sites for hydroxylation is 1. The summed E-state index contributed by atoms with van der Waals surface area (Å²) in [5, 5.41) is 3.43. The van der Waals surface area contributed by atoms with Gasteiger partial charge in [0.15, 0.2) is 6.61 Å². The van der Waals surface area contributed by atoms with Crippen LogP contribution in [0.3, 0.4) is 0 Å². The summed E-state index contributed by atoms with van der Waals surface area (Å²) in [6, 6.07) is 15.3. The van der Waals surface area contributed by atoms with Crippen molar-refractivity contribution in [3.8, 4) is 0 Å². The average Bonchev–Trinajstić information content (AvgIpc) is 3.08. The molecule has 0 radical (unpaired) electrons. The average molecular weight is 366 g/mol. The second-order valence-corrected chi connectivity index (χ2v) is 6.63. The number of aromatic nitrogens is 1. The SMILES string of the molecule is CCc1cccc(NC(=O)COC(=O)/C=C/c2nc3ccccc3s2)c1. The van der Waals surface area contributed by atoms with Crippen LogP contribution in [0.25, 0.3) is 16.3 Å². The second-order valence-electron chi connectivity index (χ2n) is 5.56. The van der Waals surface area contributed by atoms with E-state index in [1.807, 2.05) is 49.4 Å². The molecule has 1 aromatic heterocycles. The van der Waals surface area contributed by atoms with Crippen molar-refractivity contribution >= 4 is 45.2 Å². The first kappa shape index (κ1) is 17.8. The largest absolute Gasteiger partial charge is 0.452 e. The summed E-state index contributed by atoms with van der Waals surface area (Å²) in [7, 11) is 0.